The molecule has 0 radical (unpaired) electrons. The van der Waals surface area contributed by atoms with Gasteiger partial charge in [-0.15, -0.1) is 0 Å². The Balaban J connectivity index is 1.51. The molecule has 0 spiro atoms. The molecule has 0 atom stereocenters. The van der Waals surface area contributed by atoms with Crippen molar-refractivity contribution >= 4 is 23.3 Å². The van der Waals surface area contributed by atoms with Gasteiger partial charge in [0.2, 0.25) is 0 Å². The summed E-state index contributed by atoms with van der Waals surface area (Å²) in [7, 11) is 0. The molecule has 0 bridgehead atoms. The lowest BCUT2D eigenvalue weighted by atomic mass is 10.1. The van der Waals surface area contributed by atoms with Crippen molar-refractivity contribution in [2.75, 3.05) is 43.1 Å². The molecule has 1 aliphatic heterocycles. The summed E-state index contributed by atoms with van der Waals surface area (Å²) in [5.41, 5.74) is 2.54. The van der Waals surface area contributed by atoms with Crippen molar-refractivity contribution in [2.45, 2.75) is 20.3 Å². The maximum absolute atomic E-state index is 12.2. The van der Waals surface area contributed by atoms with Gasteiger partial charge < -0.3 is 24.2 Å². The summed E-state index contributed by atoms with van der Waals surface area (Å²) < 4.78 is 15.4. The van der Waals surface area contributed by atoms with Crippen LogP contribution in [0.15, 0.2) is 28.8 Å². The van der Waals surface area contributed by atoms with Gasteiger partial charge in [0.25, 0.3) is 5.91 Å². The molecule has 8 heteroatoms. The van der Waals surface area contributed by atoms with Gasteiger partial charge in [0.15, 0.2) is 6.61 Å². The highest BCUT2D eigenvalue weighted by molar-refractivity contribution is 5.96. The molecule has 144 valence electrons. The first kappa shape index (κ1) is 18.9. The van der Waals surface area contributed by atoms with Gasteiger partial charge in [-0.1, -0.05) is 12.1 Å². The second kappa shape index (κ2) is 8.68. The van der Waals surface area contributed by atoms with Crippen LogP contribution in [0.25, 0.3) is 0 Å². The number of nitrogens with one attached hydrogen (secondary N) is 1. The molecule has 0 unspecified atom stereocenters. The van der Waals surface area contributed by atoms with Gasteiger partial charge in [-0.3, -0.25) is 4.79 Å². The number of nitrogens with zero attached hydrogens (tertiary/aromatic N) is 2. The van der Waals surface area contributed by atoms with Crippen LogP contribution >= 0.6 is 0 Å². The highest BCUT2D eigenvalue weighted by Gasteiger charge is 2.21. The number of rotatable bonds is 6. The third-order valence-corrected chi connectivity index (χ3v) is 4.33. The van der Waals surface area contributed by atoms with Crippen molar-refractivity contribution in [2.24, 2.45) is 0 Å². The van der Waals surface area contributed by atoms with Crippen LogP contribution < -0.4 is 10.2 Å². The number of carbonyl (C=O) groups is 2. The minimum atomic E-state index is -0.608. The average Bonchev–Trinajstić information content (AvgIpc) is 3.08. The van der Waals surface area contributed by atoms with E-state index in [0.717, 1.165) is 32.0 Å². The smallest absolute Gasteiger partial charge is 0.344 e. The lowest BCUT2D eigenvalue weighted by molar-refractivity contribution is -0.119. The van der Waals surface area contributed by atoms with Crippen LogP contribution in [0.4, 0.5) is 11.4 Å². The number of carbonyl (C=O) groups excluding carboxylic acids is 2. The largest absolute Gasteiger partial charge is 0.452 e. The summed E-state index contributed by atoms with van der Waals surface area (Å²) in [4.78, 5) is 26.4. The molecule has 2 aromatic rings. The molecule has 27 heavy (non-hydrogen) atoms. The molecule has 1 N–H and O–H groups in total. The van der Waals surface area contributed by atoms with Crippen molar-refractivity contribution in [1.82, 2.24) is 5.16 Å². The van der Waals surface area contributed by atoms with Crippen LogP contribution in [0.2, 0.25) is 0 Å². The fourth-order valence-corrected chi connectivity index (χ4v) is 2.90. The Bertz CT molecular complexity index is 794. The zero-order chi connectivity index (χ0) is 19.2. The van der Waals surface area contributed by atoms with E-state index in [4.69, 9.17) is 14.0 Å². The molecule has 1 amide bonds. The first-order chi connectivity index (χ1) is 13.1. The van der Waals surface area contributed by atoms with Gasteiger partial charge in [0.1, 0.15) is 11.3 Å². The monoisotopic (exact) mass is 373 g/mol. The molecule has 1 aliphatic rings. The fourth-order valence-electron chi connectivity index (χ4n) is 2.90. The van der Waals surface area contributed by atoms with Crippen molar-refractivity contribution in [3.05, 3.63) is 41.3 Å². The second-order valence-corrected chi connectivity index (χ2v) is 6.18. The molecular weight excluding hydrogens is 350 g/mol. The Morgan fingerprint density at radius 2 is 1.93 bits per heavy atom. The van der Waals surface area contributed by atoms with E-state index in [-0.39, 0.29) is 6.61 Å². The van der Waals surface area contributed by atoms with E-state index >= 15 is 0 Å². The lowest BCUT2D eigenvalue weighted by Crippen LogP contribution is -2.36. The van der Waals surface area contributed by atoms with Crippen LogP contribution in [0.3, 0.4) is 0 Å². The van der Waals surface area contributed by atoms with E-state index in [1.807, 2.05) is 31.2 Å². The number of aromatic nitrogens is 1. The van der Waals surface area contributed by atoms with Gasteiger partial charge in [0, 0.05) is 24.5 Å². The number of esters is 1. The molecule has 1 saturated heterocycles. The molecule has 8 nitrogen and oxygen atoms in total. The third kappa shape index (κ3) is 4.65. The van der Waals surface area contributed by atoms with Crippen molar-refractivity contribution in [3.63, 3.8) is 0 Å². The van der Waals surface area contributed by atoms with E-state index in [2.05, 4.69) is 15.4 Å². The molecular formula is C19H23N3O5. The van der Waals surface area contributed by atoms with E-state index < -0.39 is 11.9 Å². The molecule has 3 rings (SSSR count). The normalized spacial score (nSPS) is 14.1. The van der Waals surface area contributed by atoms with Gasteiger partial charge in [-0.05, 0) is 37.6 Å². The van der Waals surface area contributed by atoms with E-state index in [0.29, 0.717) is 29.1 Å². The Labute approximate surface area is 157 Å². The first-order valence-electron chi connectivity index (χ1n) is 8.93. The predicted octanol–water partition coefficient (Wildman–Crippen LogP) is 2.18. The number of morpholine rings is 1. The Morgan fingerprint density at radius 3 is 2.59 bits per heavy atom. The summed E-state index contributed by atoms with van der Waals surface area (Å²) in [6.45, 7) is 6.26. The number of ether oxygens (including phenoxy) is 2. The standard InChI is InChI=1S/C19H23N3O5/c1-3-16-18(13(2)27-21-16)19(24)26-12-17(23)20-14-4-6-15(7-5-14)22-8-10-25-11-9-22/h4-7H,3,8-12H2,1-2H3,(H,20,23). The Hall–Kier alpha value is -2.87. The van der Waals surface area contributed by atoms with Crippen LogP contribution in [0.5, 0.6) is 0 Å². The number of benzene rings is 1. The predicted molar refractivity (Wildman–Crippen MR) is 99.0 cm³/mol. The van der Waals surface area contributed by atoms with Gasteiger partial charge in [-0.2, -0.15) is 0 Å². The zero-order valence-corrected chi connectivity index (χ0v) is 15.5. The number of anilines is 2. The molecule has 1 aromatic heterocycles. The summed E-state index contributed by atoms with van der Waals surface area (Å²) in [5, 5.41) is 6.53. The summed E-state index contributed by atoms with van der Waals surface area (Å²) in [6, 6.07) is 7.54. The van der Waals surface area contributed by atoms with Crippen molar-refractivity contribution < 1.29 is 23.6 Å². The van der Waals surface area contributed by atoms with Crippen molar-refractivity contribution in [1.29, 1.82) is 0 Å². The number of aryl methyl sites for hydroxylation is 2. The van der Waals surface area contributed by atoms with Gasteiger partial charge in [0.05, 0.1) is 18.9 Å². The zero-order valence-electron chi connectivity index (χ0n) is 15.5. The van der Waals surface area contributed by atoms with Crippen LogP contribution in [0, 0.1) is 6.92 Å². The molecule has 0 aliphatic carbocycles. The quantitative estimate of drug-likeness (QED) is 0.776. The number of hydrogen-bond donors (Lipinski definition) is 1. The molecule has 0 saturated carbocycles. The van der Waals surface area contributed by atoms with Crippen LogP contribution in [0.1, 0.15) is 28.7 Å². The van der Waals surface area contributed by atoms with Crippen LogP contribution in [-0.2, 0) is 20.7 Å². The SMILES string of the molecule is CCc1noc(C)c1C(=O)OCC(=O)Nc1ccc(N2CCOCC2)cc1. The second-order valence-electron chi connectivity index (χ2n) is 6.18. The highest BCUT2D eigenvalue weighted by atomic mass is 16.5. The van der Waals surface area contributed by atoms with E-state index in [9.17, 15) is 9.59 Å². The topological polar surface area (TPSA) is 93.9 Å². The fraction of sp³-hybridized carbons (Fsp3) is 0.421. The highest BCUT2D eigenvalue weighted by Crippen LogP contribution is 2.19. The van der Waals surface area contributed by atoms with Gasteiger partial charge in [-0.25, -0.2) is 4.79 Å². The lowest BCUT2D eigenvalue weighted by Gasteiger charge is -2.28. The molecule has 2 heterocycles. The third-order valence-electron chi connectivity index (χ3n) is 4.33. The first-order valence-corrected chi connectivity index (χ1v) is 8.93. The maximum Gasteiger partial charge on any atom is 0.344 e. The number of hydrogen-bond acceptors (Lipinski definition) is 7. The maximum atomic E-state index is 12.2. The molecule has 1 aromatic carbocycles. The number of amides is 1. The molecule has 1 fully saturated rings. The summed E-state index contributed by atoms with van der Waals surface area (Å²) in [6.07, 6.45) is 0.545. The van der Waals surface area contributed by atoms with Crippen LogP contribution in [-0.4, -0.2) is 49.9 Å². The summed E-state index contributed by atoms with van der Waals surface area (Å²) >= 11 is 0. The van der Waals surface area contributed by atoms with E-state index in [1.54, 1.807) is 6.92 Å². The Morgan fingerprint density at radius 1 is 1.22 bits per heavy atom. The summed E-state index contributed by atoms with van der Waals surface area (Å²) in [5.74, 6) is -0.631. The average molecular weight is 373 g/mol. The minimum Gasteiger partial charge on any atom is -0.452 e. The minimum absolute atomic E-state index is 0.292. The van der Waals surface area contributed by atoms with Crippen molar-refractivity contribution in [3.8, 4) is 0 Å². The van der Waals surface area contributed by atoms with Gasteiger partial charge >= 0.3 is 5.97 Å². The Kier molecular flexibility index (Phi) is 6.08. The van der Waals surface area contributed by atoms with E-state index in [1.165, 1.54) is 0 Å².